The van der Waals surface area contributed by atoms with Gasteiger partial charge in [-0.3, -0.25) is 0 Å². The third-order valence-electron chi connectivity index (χ3n) is 11.6. The van der Waals surface area contributed by atoms with E-state index in [1.165, 1.54) is 0 Å². The second-order valence-corrected chi connectivity index (χ2v) is 15.7. The zero-order valence-electron chi connectivity index (χ0n) is 35.0. The van der Waals surface area contributed by atoms with Crippen molar-refractivity contribution in [3.05, 3.63) is 204 Å². The Morgan fingerprint density at radius 1 is 0.242 bits per heavy atom. The highest BCUT2D eigenvalue weighted by Crippen LogP contribution is 2.39. The Morgan fingerprint density at radius 2 is 0.516 bits per heavy atom. The van der Waals surface area contributed by atoms with Gasteiger partial charge >= 0.3 is 0 Å². The first-order valence-electron chi connectivity index (χ1n) is 20.9. The Labute approximate surface area is 361 Å². The summed E-state index contributed by atoms with van der Waals surface area (Å²) in [5.74, 6) is 3.86. The van der Waals surface area contributed by atoms with Gasteiger partial charge in [0, 0.05) is 33.4 Å². The molecule has 0 saturated heterocycles. The van der Waals surface area contributed by atoms with Crippen molar-refractivity contribution < 1.29 is 0 Å². The summed E-state index contributed by atoms with van der Waals surface area (Å²) in [7, 11) is 0. The Balaban J connectivity index is 1.10. The molecule has 2 aromatic heterocycles. The van der Waals surface area contributed by atoms with Crippen LogP contribution >= 0.6 is 0 Å². The van der Waals surface area contributed by atoms with Gasteiger partial charge in [0.2, 0.25) is 0 Å². The first-order chi connectivity index (χ1) is 30.4. The van der Waals surface area contributed by atoms with Crippen LogP contribution in [0.1, 0.15) is 22.3 Å². The molecule has 0 amide bonds. The predicted molar refractivity (Wildman–Crippen MR) is 253 cm³/mol. The SMILES string of the molecule is Cc1ccccc1-c1nc(-c2cccc(-c3cccc4cccc(-c5cccc(-c6nc(-c7ccccc7C)nc(-c7ccccc7C)n6)c5)c34)c2)nc(-c2ccccc2C)n1. The van der Waals surface area contributed by atoms with Gasteiger partial charge in [0.25, 0.3) is 0 Å². The topological polar surface area (TPSA) is 77.3 Å². The van der Waals surface area contributed by atoms with Gasteiger partial charge in [-0.2, -0.15) is 0 Å². The minimum atomic E-state index is 0.624. The number of hydrogen-bond donors (Lipinski definition) is 0. The van der Waals surface area contributed by atoms with E-state index in [0.717, 1.165) is 88.7 Å². The Morgan fingerprint density at radius 3 is 0.855 bits per heavy atom. The molecule has 0 aliphatic carbocycles. The first kappa shape index (κ1) is 38.3. The maximum Gasteiger partial charge on any atom is 0.164 e. The lowest BCUT2D eigenvalue weighted by Gasteiger charge is -2.15. The van der Waals surface area contributed by atoms with Gasteiger partial charge in [-0.05, 0) is 95.1 Å². The van der Waals surface area contributed by atoms with E-state index in [4.69, 9.17) is 29.9 Å². The Bertz CT molecular complexity index is 2970. The average Bonchev–Trinajstić information content (AvgIpc) is 3.31. The molecule has 0 radical (unpaired) electrons. The van der Waals surface area contributed by atoms with Crippen molar-refractivity contribution in [2.75, 3.05) is 0 Å². The number of hydrogen-bond acceptors (Lipinski definition) is 6. The largest absolute Gasteiger partial charge is 0.208 e. The molecule has 62 heavy (non-hydrogen) atoms. The summed E-state index contributed by atoms with van der Waals surface area (Å²) in [5.41, 5.74) is 14.5. The van der Waals surface area contributed by atoms with Crippen LogP contribution in [-0.4, -0.2) is 29.9 Å². The normalized spacial score (nSPS) is 11.2. The van der Waals surface area contributed by atoms with Crippen LogP contribution in [0.15, 0.2) is 182 Å². The minimum absolute atomic E-state index is 0.624. The second-order valence-electron chi connectivity index (χ2n) is 15.7. The molecule has 10 aromatic rings. The molecule has 0 aliphatic heterocycles. The molecule has 0 fully saturated rings. The van der Waals surface area contributed by atoms with Crippen LogP contribution in [-0.2, 0) is 0 Å². The fourth-order valence-electron chi connectivity index (χ4n) is 8.26. The molecule has 2 heterocycles. The lowest BCUT2D eigenvalue weighted by Crippen LogP contribution is -2.02. The molecule has 0 atom stereocenters. The van der Waals surface area contributed by atoms with E-state index in [1.807, 2.05) is 48.5 Å². The van der Waals surface area contributed by atoms with Crippen molar-refractivity contribution in [2.45, 2.75) is 27.7 Å². The molecule has 0 N–H and O–H groups in total. The van der Waals surface area contributed by atoms with Crippen LogP contribution in [0.25, 0.3) is 101 Å². The lowest BCUT2D eigenvalue weighted by atomic mass is 9.90. The third kappa shape index (κ3) is 7.33. The molecule has 0 saturated carbocycles. The highest BCUT2D eigenvalue weighted by molar-refractivity contribution is 6.07. The summed E-state index contributed by atoms with van der Waals surface area (Å²) in [5, 5.41) is 2.29. The van der Waals surface area contributed by atoms with Crippen LogP contribution in [0.4, 0.5) is 0 Å². The van der Waals surface area contributed by atoms with E-state index in [-0.39, 0.29) is 0 Å². The lowest BCUT2D eigenvalue weighted by molar-refractivity contribution is 1.07. The van der Waals surface area contributed by atoms with Crippen molar-refractivity contribution in [3.63, 3.8) is 0 Å². The second kappa shape index (κ2) is 16.2. The van der Waals surface area contributed by atoms with Gasteiger partial charge in [-0.25, -0.2) is 29.9 Å². The maximum absolute atomic E-state index is 5.11. The molecule has 0 unspecified atom stereocenters. The standard InChI is InChI=1S/C56H42N6/c1-35-17-5-9-27-44(35)53-57-51(58-54(61-53)45-28-10-6-18-36(45)2)42-25-13-23-40(33-42)48-31-15-21-39-22-16-32-49(50(39)48)41-24-14-26-43(34-41)52-59-55(46-29-11-7-19-37(46)3)62-56(60-52)47-30-12-8-20-38(47)4/h5-34H,1-4H3. The molecule has 0 spiro atoms. The maximum atomic E-state index is 5.11. The van der Waals surface area contributed by atoms with Crippen LogP contribution in [0.3, 0.4) is 0 Å². The molecular weight excluding hydrogens is 757 g/mol. The van der Waals surface area contributed by atoms with Crippen LogP contribution in [0.5, 0.6) is 0 Å². The van der Waals surface area contributed by atoms with Gasteiger partial charge in [0.05, 0.1) is 0 Å². The van der Waals surface area contributed by atoms with Gasteiger partial charge in [0.15, 0.2) is 34.9 Å². The average molecular weight is 799 g/mol. The Kier molecular flexibility index (Phi) is 10.0. The zero-order chi connectivity index (χ0) is 42.2. The highest BCUT2D eigenvalue weighted by atomic mass is 15.0. The van der Waals surface area contributed by atoms with Gasteiger partial charge in [-0.15, -0.1) is 0 Å². The summed E-state index contributed by atoms with van der Waals surface area (Å²) in [4.78, 5) is 30.5. The van der Waals surface area contributed by atoms with Crippen LogP contribution < -0.4 is 0 Å². The summed E-state index contributed by atoms with van der Waals surface area (Å²) in [6, 6.07) is 63.1. The monoisotopic (exact) mass is 798 g/mol. The van der Waals surface area contributed by atoms with Crippen molar-refractivity contribution in [2.24, 2.45) is 0 Å². The first-order valence-corrected chi connectivity index (χ1v) is 20.9. The van der Waals surface area contributed by atoms with Crippen LogP contribution in [0, 0.1) is 27.7 Å². The predicted octanol–water partition coefficient (Wildman–Crippen LogP) is 13.8. The van der Waals surface area contributed by atoms with Crippen molar-refractivity contribution in [3.8, 4) is 90.6 Å². The van der Waals surface area contributed by atoms with Gasteiger partial charge < -0.3 is 0 Å². The third-order valence-corrected chi connectivity index (χ3v) is 11.6. The quantitative estimate of drug-likeness (QED) is 0.152. The van der Waals surface area contributed by atoms with Crippen LogP contribution in [0.2, 0.25) is 0 Å². The van der Waals surface area contributed by atoms with E-state index >= 15 is 0 Å². The molecule has 296 valence electrons. The number of fused-ring (bicyclic) bond motifs is 1. The number of benzene rings is 8. The fraction of sp³-hybridized carbons (Fsp3) is 0.0714. The zero-order valence-corrected chi connectivity index (χ0v) is 35.0. The summed E-state index contributed by atoms with van der Waals surface area (Å²) in [6.45, 7) is 8.37. The highest BCUT2D eigenvalue weighted by Gasteiger charge is 2.19. The minimum Gasteiger partial charge on any atom is -0.208 e. The summed E-state index contributed by atoms with van der Waals surface area (Å²) >= 11 is 0. The van der Waals surface area contributed by atoms with Crippen molar-refractivity contribution >= 4 is 10.8 Å². The number of nitrogens with zero attached hydrogens (tertiary/aromatic N) is 6. The van der Waals surface area contributed by atoms with Crippen molar-refractivity contribution in [1.82, 2.24) is 29.9 Å². The molecule has 6 heteroatoms. The fourth-order valence-corrected chi connectivity index (χ4v) is 8.26. The smallest absolute Gasteiger partial charge is 0.164 e. The molecule has 8 aromatic carbocycles. The summed E-state index contributed by atoms with van der Waals surface area (Å²) < 4.78 is 0. The number of rotatable bonds is 8. The van der Waals surface area contributed by atoms with E-state index < -0.39 is 0 Å². The van der Waals surface area contributed by atoms with Gasteiger partial charge in [0.1, 0.15) is 0 Å². The van der Waals surface area contributed by atoms with E-state index in [2.05, 4.69) is 161 Å². The summed E-state index contributed by atoms with van der Waals surface area (Å²) in [6.07, 6.45) is 0. The van der Waals surface area contributed by atoms with Crippen molar-refractivity contribution in [1.29, 1.82) is 0 Å². The van der Waals surface area contributed by atoms with E-state index in [1.54, 1.807) is 0 Å². The molecule has 6 nitrogen and oxygen atoms in total. The van der Waals surface area contributed by atoms with Gasteiger partial charge in [-0.1, -0.05) is 170 Å². The number of aryl methyl sites for hydroxylation is 4. The van der Waals surface area contributed by atoms with E-state index in [9.17, 15) is 0 Å². The number of aromatic nitrogens is 6. The molecule has 0 bridgehead atoms. The Hall–Kier alpha value is -7.96. The molecule has 0 aliphatic rings. The van der Waals surface area contributed by atoms with E-state index in [0.29, 0.717) is 34.9 Å². The molecule has 10 rings (SSSR count). The molecular formula is C56H42N6.